The van der Waals surface area contributed by atoms with Crippen LogP contribution in [0.3, 0.4) is 0 Å². The van der Waals surface area contributed by atoms with E-state index in [0.29, 0.717) is 28.5 Å². The number of nitrogens with zero attached hydrogens (tertiary/aromatic N) is 5. The summed E-state index contributed by atoms with van der Waals surface area (Å²) < 4.78 is 3.36. The van der Waals surface area contributed by atoms with Gasteiger partial charge in [0.15, 0.2) is 5.65 Å². The molecule has 1 aliphatic rings. The summed E-state index contributed by atoms with van der Waals surface area (Å²) in [5, 5.41) is 12.2. The summed E-state index contributed by atoms with van der Waals surface area (Å²) in [6.07, 6.45) is 4.13. The minimum absolute atomic E-state index is 0.148. The van der Waals surface area contributed by atoms with Gasteiger partial charge in [-0.15, -0.1) is 0 Å². The number of aromatic nitrogens is 5. The first-order valence-corrected chi connectivity index (χ1v) is 11.5. The number of anilines is 3. The Balaban J connectivity index is 1.59. The molecule has 4 aromatic rings. The third kappa shape index (κ3) is 4.33. The van der Waals surface area contributed by atoms with Crippen molar-refractivity contribution in [2.75, 3.05) is 24.2 Å². The first-order valence-electron chi connectivity index (χ1n) is 11.5. The smallest absolute Gasteiger partial charge is 0.320 e. The van der Waals surface area contributed by atoms with Crippen LogP contribution in [0.5, 0.6) is 0 Å². The van der Waals surface area contributed by atoms with Crippen LogP contribution >= 0.6 is 0 Å². The molecule has 11 heteroatoms. The van der Waals surface area contributed by atoms with Crippen molar-refractivity contribution in [1.82, 2.24) is 34.9 Å². The number of carbonyl (C=O) groups excluding carboxylic acids is 1. The zero-order valence-corrected chi connectivity index (χ0v) is 19.8. The van der Waals surface area contributed by atoms with Gasteiger partial charge >= 0.3 is 6.03 Å². The second-order valence-corrected chi connectivity index (χ2v) is 8.62. The summed E-state index contributed by atoms with van der Waals surface area (Å²) in [5.41, 5.74) is 4.36. The third-order valence-electron chi connectivity index (χ3n) is 5.92. The van der Waals surface area contributed by atoms with Crippen LogP contribution in [0.1, 0.15) is 31.0 Å². The van der Waals surface area contributed by atoms with Crippen LogP contribution in [0.2, 0.25) is 0 Å². The van der Waals surface area contributed by atoms with E-state index in [4.69, 9.17) is 4.98 Å². The molecule has 4 N–H and O–H groups in total. The number of nitrogens with one attached hydrogen (secondary N) is 4. The van der Waals surface area contributed by atoms with Crippen LogP contribution in [-0.2, 0) is 13.0 Å². The molecule has 180 valence electrons. The summed E-state index contributed by atoms with van der Waals surface area (Å²) >= 11 is 0. The van der Waals surface area contributed by atoms with Crippen LogP contribution in [0.15, 0.2) is 47.5 Å². The molecule has 0 saturated heterocycles. The standard InChI is InChI=1S/C24H27N9O2/c1-14(2)32-22(34)19-13-28-23(29-17-5-4-15-6-8-26-12-16(15)10-17)31-21(19)33(32)18-7-9-27-20(11-18)30-24(35)25-3/h4-5,7,9-11,13-14,26H,6,8,12H2,1-3H3,(H,28,29,31)(H2,25,27,30,35). The van der Waals surface area contributed by atoms with Gasteiger partial charge in [-0.3, -0.25) is 10.1 Å². The van der Waals surface area contributed by atoms with Gasteiger partial charge < -0.3 is 16.0 Å². The number of hydrogen-bond donors (Lipinski definition) is 4. The van der Waals surface area contributed by atoms with Crippen molar-refractivity contribution in [2.24, 2.45) is 0 Å². The number of urea groups is 1. The predicted octanol–water partition coefficient (Wildman–Crippen LogP) is 2.70. The van der Waals surface area contributed by atoms with Crippen LogP contribution in [0.4, 0.5) is 22.2 Å². The molecule has 1 aromatic carbocycles. The molecule has 0 radical (unpaired) electrons. The topological polar surface area (TPSA) is 131 Å². The minimum Gasteiger partial charge on any atom is -0.341 e. The van der Waals surface area contributed by atoms with E-state index in [0.717, 1.165) is 25.2 Å². The highest BCUT2D eigenvalue weighted by molar-refractivity contribution is 5.88. The maximum absolute atomic E-state index is 13.2. The highest BCUT2D eigenvalue weighted by atomic mass is 16.2. The summed E-state index contributed by atoms with van der Waals surface area (Å²) in [6.45, 7) is 5.67. The fourth-order valence-electron chi connectivity index (χ4n) is 4.26. The van der Waals surface area contributed by atoms with Crippen molar-refractivity contribution < 1.29 is 4.79 Å². The average Bonchev–Trinajstić information content (AvgIpc) is 3.16. The number of pyridine rings is 1. The normalized spacial score (nSPS) is 13.0. The lowest BCUT2D eigenvalue weighted by Gasteiger charge is -2.18. The average molecular weight is 474 g/mol. The Morgan fingerprint density at radius 3 is 2.80 bits per heavy atom. The number of carbonyl (C=O) groups is 1. The van der Waals surface area contributed by atoms with Crippen molar-refractivity contribution in [3.8, 4) is 5.69 Å². The molecular formula is C24H27N9O2. The van der Waals surface area contributed by atoms with E-state index in [1.807, 2.05) is 19.9 Å². The molecular weight excluding hydrogens is 446 g/mol. The van der Waals surface area contributed by atoms with Gasteiger partial charge in [0, 0.05) is 43.8 Å². The molecule has 0 fully saturated rings. The van der Waals surface area contributed by atoms with Crippen molar-refractivity contribution in [1.29, 1.82) is 0 Å². The van der Waals surface area contributed by atoms with E-state index in [1.54, 1.807) is 33.9 Å². The Labute approximate surface area is 201 Å². The second kappa shape index (κ2) is 9.18. The lowest BCUT2D eigenvalue weighted by atomic mass is 10.0. The Hall–Kier alpha value is -4.25. The maximum atomic E-state index is 13.2. The van der Waals surface area contributed by atoms with Crippen LogP contribution in [-0.4, -0.2) is 43.9 Å². The van der Waals surface area contributed by atoms with Crippen LogP contribution in [0, 0.1) is 0 Å². The summed E-state index contributed by atoms with van der Waals surface area (Å²) in [4.78, 5) is 38.3. The maximum Gasteiger partial charge on any atom is 0.320 e. The van der Waals surface area contributed by atoms with Gasteiger partial charge in [-0.1, -0.05) is 6.07 Å². The molecule has 3 aromatic heterocycles. The van der Waals surface area contributed by atoms with E-state index in [9.17, 15) is 9.59 Å². The van der Waals surface area contributed by atoms with Crippen molar-refractivity contribution >= 4 is 34.5 Å². The second-order valence-electron chi connectivity index (χ2n) is 8.62. The van der Waals surface area contributed by atoms with E-state index in [2.05, 4.69) is 43.4 Å². The minimum atomic E-state index is -0.387. The molecule has 0 unspecified atom stereocenters. The number of benzene rings is 1. The lowest BCUT2D eigenvalue weighted by Crippen LogP contribution is -2.26. The van der Waals surface area contributed by atoms with Gasteiger partial charge in [-0.05, 0) is 56.1 Å². The summed E-state index contributed by atoms with van der Waals surface area (Å²) in [7, 11) is 1.53. The summed E-state index contributed by atoms with van der Waals surface area (Å²) in [5.74, 6) is 0.732. The van der Waals surface area contributed by atoms with Crippen LogP contribution in [0.25, 0.3) is 16.7 Å². The van der Waals surface area contributed by atoms with Gasteiger partial charge in [0.05, 0.1) is 5.69 Å². The predicted molar refractivity (Wildman–Crippen MR) is 135 cm³/mol. The Morgan fingerprint density at radius 1 is 1.14 bits per heavy atom. The molecule has 0 bridgehead atoms. The lowest BCUT2D eigenvalue weighted by molar-refractivity contribution is 0.254. The largest absolute Gasteiger partial charge is 0.341 e. The Bertz CT molecular complexity index is 1470. The van der Waals surface area contributed by atoms with Crippen molar-refractivity contribution in [2.45, 2.75) is 32.9 Å². The molecule has 2 amide bonds. The van der Waals surface area contributed by atoms with Gasteiger partial charge in [-0.2, -0.15) is 4.98 Å². The van der Waals surface area contributed by atoms with E-state index < -0.39 is 0 Å². The van der Waals surface area contributed by atoms with Gasteiger partial charge in [-0.25, -0.2) is 24.1 Å². The Morgan fingerprint density at radius 2 is 2.00 bits per heavy atom. The zero-order chi connectivity index (χ0) is 24.5. The monoisotopic (exact) mass is 473 g/mol. The van der Waals surface area contributed by atoms with Crippen molar-refractivity contribution in [3.63, 3.8) is 0 Å². The highest BCUT2D eigenvalue weighted by Gasteiger charge is 2.20. The quantitative estimate of drug-likeness (QED) is 0.351. The molecule has 11 nitrogen and oxygen atoms in total. The highest BCUT2D eigenvalue weighted by Crippen LogP contribution is 2.24. The summed E-state index contributed by atoms with van der Waals surface area (Å²) in [6, 6.07) is 9.16. The molecule has 1 aliphatic heterocycles. The molecule has 0 saturated carbocycles. The van der Waals surface area contributed by atoms with E-state index >= 15 is 0 Å². The number of rotatable bonds is 5. The first-order chi connectivity index (χ1) is 16.9. The SMILES string of the molecule is CNC(=O)Nc1cc(-n2c3nc(Nc4ccc5c(c4)CNCC5)ncc3c(=O)n2C(C)C)ccn1. The fourth-order valence-corrected chi connectivity index (χ4v) is 4.26. The fraction of sp³-hybridized carbons (Fsp3) is 0.292. The molecule has 35 heavy (non-hydrogen) atoms. The number of fused-ring (bicyclic) bond motifs is 2. The molecule has 5 rings (SSSR count). The van der Waals surface area contributed by atoms with Gasteiger partial charge in [0.25, 0.3) is 5.56 Å². The van der Waals surface area contributed by atoms with E-state index in [1.165, 1.54) is 18.2 Å². The third-order valence-corrected chi connectivity index (χ3v) is 5.92. The number of hydrogen-bond acceptors (Lipinski definition) is 7. The molecule has 0 spiro atoms. The van der Waals surface area contributed by atoms with E-state index in [-0.39, 0.29) is 17.6 Å². The van der Waals surface area contributed by atoms with Crippen molar-refractivity contribution in [3.05, 3.63) is 64.2 Å². The Kier molecular flexibility index (Phi) is 5.91. The zero-order valence-electron chi connectivity index (χ0n) is 19.8. The van der Waals surface area contributed by atoms with Gasteiger partial charge in [0.1, 0.15) is 11.2 Å². The first kappa shape index (κ1) is 22.5. The van der Waals surface area contributed by atoms with Gasteiger partial charge in [0.2, 0.25) is 5.95 Å². The molecule has 0 atom stereocenters. The molecule has 0 aliphatic carbocycles. The molecule has 4 heterocycles. The number of amides is 2. The van der Waals surface area contributed by atoms with Crippen LogP contribution < -0.4 is 26.8 Å².